The second kappa shape index (κ2) is 7.40. The molecule has 2 rings (SSSR count). The zero-order chi connectivity index (χ0) is 13.7. The lowest BCUT2D eigenvalue weighted by Crippen LogP contribution is -1.96. The maximum absolute atomic E-state index is 6.54. The first kappa shape index (κ1) is 15.0. The van der Waals surface area contributed by atoms with Gasteiger partial charge in [0.1, 0.15) is 5.75 Å². The van der Waals surface area contributed by atoms with Gasteiger partial charge in [-0.1, -0.05) is 50.6 Å². The van der Waals surface area contributed by atoms with Crippen LogP contribution in [0.1, 0.15) is 62.0 Å². The summed E-state index contributed by atoms with van der Waals surface area (Å²) in [5.41, 5.74) is 2.29. The standard InChI is InChI=1S/C16H22Cl2O/c1-2-3-4-5-6-7-15(18)14-11-13(17)10-12-8-9-19-16(12)14/h10-11,15H,2-9H2,1H3. The molecule has 1 atom stereocenters. The van der Waals surface area contributed by atoms with Gasteiger partial charge in [0, 0.05) is 17.0 Å². The van der Waals surface area contributed by atoms with Gasteiger partial charge in [-0.05, 0) is 24.1 Å². The van der Waals surface area contributed by atoms with Gasteiger partial charge >= 0.3 is 0 Å². The normalized spacial score (nSPS) is 15.1. The zero-order valence-corrected chi connectivity index (χ0v) is 13.1. The number of rotatable bonds is 7. The van der Waals surface area contributed by atoms with E-state index in [1.165, 1.54) is 37.7 Å². The van der Waals surface area contributed by atoms with Crippen LogP contribution in [0.4, 0.5) is 0 Å². The molecular formula is C16H22Cl2O. The summed E-state index contributed by atoms with van der Waals surface area (Å²) in [4.78, 5) is 0. The highest BCUT2D eigenvalue weighted by molar-refractivity contribution is 6.31. The Morgan fingerprint density at radius 2 is 2.00 bits per heavy atom. The molecule has 1 nitrogen and oxygen atoms in total. The number of fused-ring (bicyclic) bond motifs is 1. The van der Waals surface area contributed by atoms with Gasteiger partial charge in [0.05, 0.1) is 12.0 Å². The molecule has 0 amide bonds. The fourth-order valence-electron chi connectivity index (χ4n) is 2.61. The second-order valence-corrected chi connectivity index (χ2v) is 6.22. The molecule has 0 spiro atoms. The van der Waals surface area contributed by atoms with Crippen LogP contribution in [0.25, 0.3) is 0 Å². The van der Waals surface area contributed by atoms with Gasteiger partial charge in [0.25, 0.3) is 0 Å². The van der Waals surface area contributed by atoms with Crippen molar-refractivity contribution in [3.8, 4) is 5.75 Å². The van der Waals surface area contributed by atoms with Gasteiger partial charge in [0.2, 0.25) is 0 Å². The van der Waals surface area contributed by atoms with E-state index in [0.717, 1.165) is 35.8 Å². The Kier molecular flexibility index (Phi) is 5.84. The minimum atomic E-state index is 0.0205. The van der Waals surface area contributed by atoms with E-state index in [1.807, 2.05) is 12.1 Å². The van der Waals surface area contributed by atoms with Crippen molar-refractivity contribution in [2.45, 2.75) is 57.2 Å². The van der Waals surface area contributed by atoms with Gasteiger partial charge in [0.15, 0.2) is 0 Å². The number of benzene rings is 1. The second-order valence-electron chi connectivity index (χ2n) is 5.25. The topological polar surface area (TPSA) is 9.23 Å². The Hall–Kier alpha value is -0.400. The number of ether oxygens (including phenoxy) is 1. The molecule has 0 saturated carbocycles. The quantitative estimate of drug-likeness (QED) is 0.449. The zero-order valence-electron chi connectivity index (χ0n) is 11.6. The Morgan fingerprint density at radius 1 is 1.21 bits per heavy atom. The van der Waals surface area contributed by atoms with Crippen molar-refractivity contribution in [3.63, 3.8) is 0 Å². The van der Waals surface area contributed by atoms with Crippen molar-refractivity contribution in [1.29, 1.82) is 0 Å². The molecule has 1 aliphatic heterocycles. The van der Waals surface area contributed by atoms with Crippen molar-refractivity contribution in [2.24, 2.45) is 0 Å². The van der Waals surface area contributed by atoms with Crippen LogP contribution in [0.2, 0.25) is 5.02 Å². The van der Waals surface area contributed by atoms with Crippen LogP contribution in [0, 0.1) is 0 Å². The molecule has 0 bridgehead atoms. The molecule has 19 heavy (non-hydrogen) atoms. The highest BCUT2D eigenvalue weighted by Gasteiger charge is 2.21. The minimum Gasteiger partial charge on any atom is -0.493 e. The van der Waals surface area contributed by atoms with Gasteiger partial charge in [-0.2, -0.15) is 0 Å². The lowest BCUT2D eigenvalue weighted by molar-refractivity contribution is 0.352. The molecule has 1 heterocycles. The Balaban J connectivity index is 1.94. The Bertz CT molecular complexity index is 417. The van der Waals surface area contributed by atoms with Crippen molar-refractivity contribution in [2.75, 3.05) is 6.61 Å². The molecule has 1 aliphatic rings. The predicted octanol–water partition coefficient (Wildman–Crippen LogP) is 5.92. The largest absolute Gasteiger partial charge is 0.493 e. The van der Waals surface area contributed by atoms with Crippen LogP contribution in [0.5, 0.6) is 5.75 Å². The van der Waals surface area contributed by atoms with Crippen LogP contribution in [0.15, 0.2) is 12.1 Å². The van der Waals surface area contributed by atoms with E-state index in [1.54, 1.807) is 0 Å². The third-order valence-corrected chi connectivity index (χ3v) is 4.35. The Labute approximate surface area is 126 Å². The Morgan fingerprint density at radius 3 is 2.79 bits per heavy atom. The summed E-state index contributed by atoms with van der Waals surface area (Å²) in [6, 6.07) is 3.97. The van der Waals surface area contributed by atoms with Crippen LogP contribution in [-0.4, -0.2) is 6.61 Å². The van der Waals surface area contributed by atoms with Crippen molar-refractivity contribution < 1.29 is 4.74 Å². The number of hydrogen-bond donors (Lipinski definition) is 0. The van der Waals surface area contributed by atoms with E-state index < -0.39 is 0 Å². The maximum atomic E-state index is 6.54. The molecule has 0 fully saturated rings. The number of unbranched alkanes of at least 4 members (excludes halogenated alkanes) is 4. The fraction of sp³-hybridized carbons (Fsp3) is 0.625. The van der Waals surface area contributed by atoms with E-state index >= 15 is 0 Å². The summed E-state index contributed by atoms with van der Waals surface area (Å²) in [5, 5.41) is 0.794. The third-order valence-electron chi connectivity index (χ3n) is 3.68. The lowest BCUT2D eigenvalue weighted by atomic mass is 10.0. The van der Waals surface area contributed by atoms with Crippen LogP contribution >= 0.6 is 23.2 Å². The van der Waals surface area contributed by atoms with Gasteiger partial charge < -0.3 is 4.74 Å². The molecule has 106 valence electrons. The summed E-state index contributed by atoms with van der Waals surface area (Å²) in [5.74, 6) is 0.984. The number of halogens is 2. The first-order valence-corrected chi connectivity index (χ1v) is 8.13. The van der Waals surface area contributed by atoms with Crippen LogP contribution in [-0.2, 0) is 6.42 Å². The SMILES string of the molecule is CCCCCCCC(Cl)c1cc(Cl)cc2c1OCC2. The highest BCUT2D eigenvalue weighted by atomic mass is 35.5. The van der Waals surface area contributed by atoms with E-state index in [0.29, 0.717) is 0 Å². The van der Waals surface area contributed by atoms with Crippen molar-refractivity contribution in [1.82, 2.24) is 0 Å². The molecular weight excluding hydrogens is 279 g/mol. The van der Waals surface area contributed by atoms with Gasteiger partial charge in [-0.25, -0.2) is 0 Å². The highest BCUT2D eigenvalue weighted by Crippen LogP contribution is 2.40. The summed E-state index contributed by atoms with van der Waals surface area (Å²) in [6.45, 7) is 2.99. The molecule has 0 radical (unpaired) electrons. The average molecular weight is 301 g/mol. The first-order chi connectivity index (χ1) is 9.22. The summed E-state index contributed by atoms with van der Waals surface area (Å²) in [7, 11) is 0. The van der Waals surface area contributed by atoms with Crippen molar-refractivity contribution in [3.05, 3.63) is 28.3 Å². The summed E-state index contributed by atoms with van der Waals surface area (Å²) < 4.78 is 5.71. The van der Waals surface area contributed by atoms with E-state index in [-0.39, 0.29) is 5.38 Å². The van der Waals surface area contributed by atoms with Gasteiger partial charge in [-0.15, -0.1) is 11.6 Å². The minimum absolute atomic E-state index is 0.0205. The van der Waals surface area contributed by atoms with Crippen LogP contribution in [0.3, 0.4) is 0 Å². The molecule has 1 aromatic carbocycles. The fourth-order valence-corrected chi connectivity index (χ4v) is 3.18. The summed E-state index contributed by atoms with van der Waals surface area (Å²) in [6.07, 6.45) is 8.30. The van der Waals surface area contributed by atoms with E-state index in [4.69, 9.17) is 27.9 Å². The number of hydrogen-bond acceptors (Lipinski definition) is 1. The monoisotopic (exact) mass is 300 g/mol. The van der Waals surface area contributed by atoms with E-state index in [9.17, 15) is 0 Å². The first-order valence-electron chi connectivity index (χ1n) is 7.31. The molecule has 0 N–H and O–H groups in total. The lowest BCUT2D eigenvalue weighted by Gasteiger charge is -2.14. The van der Waals surface area contributed by atoms with Gasteiger partial charge in [-0.3, -0.25) is 0 Å². The van der Waals surface area contributed by atoms with E-state index in [2.05, 4.69) is 6.92 Å². The van der Waals surface area contributed by atoms with Crippen LogP contribution < -0.4 is 4.74 Å². The maximum Gasteiger partial charge on any atom is 0.127 e. The smallest absolute Gasteiger partial charge is 0.127 e. The molecule has 3 heteroatoms. The molecule has 0 saturated heterocycles. The van der Waals surface area contributed by atoms with Crippen molar-refractivity contribution >= 4 is 23.2 Å². The molecule has 1 aromatic rings. The number of alkyl halides is 1. The summed E-state index contributed by atoms with van der Waals surface area (Å²) >= 11 is 12.7. The molecule has 0 aliphatic carbocycles. The third kappa shape index (κ3) is 4.03. The molecule has 1 unspecified atom stereocenters. The average Bonchev–Trinajstić information content (AvgIpc) is 2.85. The predicted molar refractivity (Wildman–Crippen MR) is 82.6 cm³/mol. The molecule has 0 aromatic heterocycles.